The fraction of sp³-hybridized carbons (Fsp3) is 0.571. The molecule has 0 radical (unpaired) electrons. The molecular formula is C14H21FN2O2S. The third-order valence-corrected chi connectivity index (χ3v) is 5.86. The fourth-order valence-corrected chi connectivity index (χ4v) is 3.95. The molecule has 1 fully saturated rings. The lowest BCUT2D eigenvalue weighted by atomic mass is 9.85. The maximum atomic E-state index is 14.0. The number of nitrogens with zero attached hydrogens (tertiary/aromatic N) is 1. The molecule has 1 aliphatic rings. The Labute approximate surface area is 119 Å². The Morgan fingerprint density at radius 2 is 2.10 bits per heavy atom. The second kappa shape index (κ2) is 6.20. The van der Waals surface area contributed by atoms with Gasteiger partial charge in [-0.1, -0.05) is 19.4 Å². The van der Waals surface area contributed by atoms with Crippen molar-refractivity contribution in [3.8, 4) is 0 Å². The number of sulfonamides is 1. The lowest BCUT2D eigenvalue weighted by Gasteiger charge is -2.31. The lowest BCUT2D eigenvalue weighted by Crippen LogP contribution is -2.37. The van der Waals surface area contributed by atoms with Crippen LogP contribution in [0.5, 0.6) is 0 Å². The molecule has 0 spiro atoms. The highest BCUT2D eigenvalue weighted by molar-refractivity contribution is 7.89. The number of benzene rings is 1. The highest BCUT2D eigenvalue weighted by Gasteiger charge is 2.30. The van der Waals surface area contributed by atoms with Crippen LogP contribution in [0.1, 0.15) is 31.7 Å². The SMILES string of the molecule is CCN(CC1CCC1)S(=O)(=O)c1ccc(CN)cc1F. The van der Waals surface area contributed by atoms with Gasteiger partial charge in [-0.05, 0) is 36.5 Å². The van der Waals surface area contributed by atoms with E-state index in [0.717, 1.165) is 19.3 Å². The van der Waals surface area contributed by atoms with Crippen molar-refractivity contribution < 1.29 is 12.8 Å². The normalized spacial score (nSPS) is 16.4. The number of nitrogens with two attached hydrogens (primary N) is 1. The summed E-state index contributed by atoms with van der Waals surface area (Å²) in [7, 11) is -3.76. The molecule has 6 heteroatoms. The van der Waals surface area contributed by atoms with Crippen molar-refractivity contribution in [2.45, 2.75) is 37.6 Å². The number of halogens is 1. The Balaban J connectivity index is 2.27. The smallest absolute Gasteiger partial charge is 0.245 e. The van der Waals surface area contributed by atoms with Crippen molar-refractivity contribution in [1.82, 2.24) is 4.31 Å². The van der Waals surface area contributed by atoms with Gasteiger partial charge in [-0.2, -0.15) is 4.31 Å². The van der Waals surface area contributed by atoms with Crippen molar-refractivity contribution in [2.24, 2.45) is 11.7 Å². The van der Waals surface area contributed by atoms with Crippen LogP contribution in [0, 0.1) is 11.7 Å². The molecule has 1 aromatic carbocycles. The first-order valence-electron chi connectivity index (χ1n) is 6.97. The van der Waals surface area contributed by atoms with Gasteiger partial charge in [-0.3, -0.25) is 0 Å². The van der Waals surface area contributed by atoms with Gasteiger partial charge in [0.1, 0.15) is 10.7 Å². The third kappa shape index (κ3) is 3.02. The summed E-state index contributed by atoms with van der Waals surface area (Å²) in [4.78, 5) is -0.254. The first-order valence-corrected chi connectivity index (χ1v) is 8.41. The summed E-state index contributed by atoms with van der Waals surface area (Å²) in [6.07, 6.45) is 3.27. The zero-order valence-corrected chi connectivity index (χ0v) is 12.5. The van der Waals surface area contributed by atoms with E-state index in [0.29, 0.717) is 24.6 Å². The summed E-state index contributed by atoms with van der Waals surface area (Å²) in [5.74, 6) is -0.309. The van der Waals surface area contributed by atoms with Crippen LogP contribution in [0.25, 0.3) is 0 Å². The van der Waals surface area contributed by atoms with Crippen molar-refractivity contribution in [3.63, 3.8) is 0 Å². The van der Waals surface area contributed by atoms with E-state index in [1.54, 1.807) is 13.0 Å². The molecule has 112 valence electrons. The minimum atomic E-state index is -3.76. The summed E-state index contributed by atoms with van der Waals surface area (Å²) in [6, 6.07) is 4.08. The fourth-order valence-electron chi connectivity index (χ4n) is 2.38. The molecule has 0 aromatic heterocycles. The molecule has 0 unspecified atom stereocenters. The van der Waals surface area contributed by atoms with Gasteiger partial charge in [-0.25, -0.2) is 12.8 Å². The minimum Gasteiger partial charge on any atom is -0.326 e. The van der Waals surface area contributed by atoms with Crippen LogP contribution in [0.15, 0.2) is 23.1 Å². The van der Waals surface area contributed by atoms with Crippen LogP contribution in [-0.2, 0) is 16.6 Å². The maximum Gasteiger partial charge on any atom is 0.245 e. The van der Waals surface area contributed by atoms with Crippen LogP contribution >= 0.6 is 0 Å². The molecule has 2 rings (SSSR count). The van der Waals surface area contributed by atoms with Gasteiger partial charge in [0.15, 0.2) is 0 Å². The molecular weight excluding hydrogens is 279 g/mol. The third-order valence-electron chi connectivity index (χ3n) is 3.89. The lowest BCUT2D eigenvalue weighted by molar-refractivity contribution is 0.249. The predicted molar refractivity (Wildman–Crippen MR) is 76.1 cm³/mol. The van der Waals surface area contributed by atoms with Gasteiger partial charge in [-0.15, -0.1) is 0 Å². The molecule has 1 aliphatic carbocycles. The van der Waals surface area contributed by atoms with E-state index in [2.05, 4.69) is 0 Å². The van der Waals surface area contributed by atoms with Gasteiger partial charge in [0, 0.05) is 19.6 Å². The van der Waals surface area contributed by atoms with Crippen molar-refractivity contribution in [3.05, 3.63) is 29.6 Å². The van der Waals surface area contributed by atoms with Crippen LogP contribution in [0.3, 0.4) is 0 Å². The average Bonchev–Trinajstić information content (AvgIpc) is 2.36. The Kier molecular flexibility index (Phi) is 4.78. The zero-order valence-electron chi connectivity index (χ0n) is 11.7. The van der Waals surface area contributed by atoms with Crippen LogP contribution in [0.2, 0.25) is 0 Å². The van der Waals surface area contributed by atoms with Crippen LogP contribution < -0.4 is 5.73 Å². The van der Waals surface area contributed by atoms with Gasteiger partial charge < -0.3 is 5.73 Å². The minimum absolute atomic E-state index is 0.191. The van der Waals surface area contributed by atoms with E-state index in [1.165, 1.54) is 16.4 Å². The van der Waals surface area contributed by atoms with E-state index >= 15 is 0 Å². The second-order valence-corrected chi connectivity index (χ2v) is 7.13. The molecule has 0 atom stereocenters. The largest absolute Gasteiger partial charge is 0.326 e. The highest BCUT2D eigenvalue weighted by atomic mass is 32.2. The molecule has 1 aromatic rings. The molecule has 0 bridgehead atoms. The Bertz CT molecular complexity index is 571. The highest BCUT2D eigenvalue weighted by Crippen LogP contribution is 2.29. The summed E-state index contributed by atoms with van der Waals surface area (Å²) < 4.78 is 40.4. The first kappa shape index (κ1) is 15.4. The molecule has 0 amide bonds. The van der Waals surface area contributed by atoms with Gasteiger partial charge in [0.25, 0.3) is 0 Å². The van der Waals surface area contributed by atoms with E-state index in [4.69, 9.17) is 5.73 Å². The van der Waals surface area contributed by atoms with E-state index in [1.807, 2.05) is 0 Å². The van der Waals surface area contributed by atoms with Gasteiger partial charge >= 0.3 is 0 Å². The van der Waals surface area contributed by atoms with Crippen molar-refractivity contribution >= 4 is 10.0 Å². The molecule has 1 saturated carbocycles. The number of hydrogen-bond donors (Lipinski definition) is 1. The summed E-state index contributed by atoms with van der Waals surface area (Å²) in [6.45, 7) is 2.81. The maximum absolute atomic E-state index is 14.0. The molecule has 0 heterocycles. The second-order valence-electron chi connectivity index (χ2n) is 5.22. The molecule has 2 N–H and O–H groups in total. The Hall–Kier alpha value is -0.980. The van der Waals surface area contributed by atoms with Gasteiger partial charge in [0.2, 0.25) is 10.0 Å². The number of hydrogen-bond acceptors (Lipinski definition) is 3. The summed E-state index contributed by atoms with van der Waals surface area (Å²) >= 11 is 0. The van der Waals surface area contributed by atoms with E-state index < -0.39 is 15.8 Å². The standard InChI is InChI=1S/C14H21FN2O2S/c1-2-17(10-11-4-3-5-11)20(18,19)14-7-6-12(9-16)8-13(14)15/h6-8,11H,2-5,9-10,16H2,1H3. The van der Waals surface area contributed by atoms with Crippen LogP contribution in [-0.4, -0.2) is 25.8 Å². The summed E-state index contributed by atoms with van der Waals surface area (Å²) in [5, 5.41) is 0. The first-order chi connectivity index (χ1) is 9.48. The molecule has 20 heavy (non-hydrogen) atoms. The monoisotopic (exact) mass is 300 g/mol. The number of rotatable bonds is 6. The molecule has 0 aliphatic heterocycles. The van der Waals surface area contributed by atoms with Crippen LogP contribution in [0.4, 0.5) is 4.39 Å². The Morgan fingerprint density at radius 1 is 1.40 bits per heavy atom. The van der Waals surface area contributed by atoms with Crippen molar-refractivity contribution in [2.75, 3.05) is 13.1 Å². The topological polar surface area (TPSA) is 63.4 Å². The molecule has 0 saturated heterocycles. The molecule has 4 nitrogen and oxygen atoms in total. The van der Waals surface area contributed by atoms with E-state index in [9.17, 15) is 12.8 Å². The van der Waals surface area contributed by atoms with Crippen molar-refractivity contribution in [1.29, 1.82) is 0 Å². The van der Waals surface area contributed by atoms with E-state index in [-0.39, 0.29) is 11.4 Å². The predicted octanol–water partition coefficient (Wildman–Crippen LogP) is 2.10. The summed E-state index contributed by atoms with van der Waals surface area (Å²) in [5.41, 5.74) is 6.02. The zero-order chi connectivity index (χ0) is 14.8. The quantitative estimate of drug-likeness (QED) is 0.875. The average molecular weight is 300 g/mol. The Morgan fingerprint density at radius 3 is 2.55 bits per heavy atom. The van der Waals surface area contributed by atoms with Gasteiger partial charge in [0.05, 0.1) is 0 Å².